The molecule has 0 radical (unpaired) electrons. The van der Waals surface area contributed by atoms with Crippen LogP contribution in [-0.4, -0.2) is 27.1 Å². The van der Waals surface area contributed by atoms with E-state index in [0.29, 0.717) is 21.3 Å². The highest BCUT2D eigenvalue weighted by Gasteiger charge is 2.28. The smallest absolute Gasteiger partial charge is 0.264 e. The zero-order valence-electron chi connectivity index (χ0n) is 18.3. The Labute approximate surface area is 203 Å². The van der Waals surface area contributed by atoms with Gasteiger partial charge in [-0.1, -0.05) is 59.1 Å². The first-order valence-corrected chi connectivity index (χ1v) is 12.2. The average molecular weight is 504 g/mol. The van der Waals surface area contributed by atoms with Gasteiger partial charge in [0.2, 0.25) is 0 Å². The molecule has 3 aromatic rings. The van der Waals surface area contributed by atoms with Crippen LogP contribution in [0.3, 0.4) is 0 Å². The summed E-state index contributed by atoms with van der Waals surface area (Å²) >= 11 is 12.0. The second kappa shape index (κ2) is 10.4. The molecule has 6 nitrogen and oxygen atoms in total. The van der Waals surface area contributed by atoms with E-state index in [1.54, 1.807) is 42.5 Å². The van der Waals surface area contributed by atoms with Gasteiger partial charge in [0.15, 0.2) is 0 Å². The molecule has 9 heteroatoms. The third-order valence-electron chi connectivity index (χ3n) is 5.10. The van der Waals surface area contributed by atoms with Crippen LogP contribution in [0.2, 0.25) is 10.0 Å². The summed E-state index contributed by atoms with van der Waals surface area (Å²) in [5.74, 6) is -0.604. The van der Waals surface area contributed by atoms with Gasteiger partial charge in [-0.15, -0.1) is 0 Å². The summed E-state index contributed by atoms with van der Waals surface area (Å²) in [4.78, 5) is 12.8. The number of aryl methyl sites for hydroxylation is 2. The van der Waals surface area contributed by atoms with Gasteiger partial charge in [-0.3, -0.25) is 9.10 Å². The van der Waals surface area contributed by atoms with Crippen LogP contribution in [0.5, 0.6) is 0 Å². The first kappa shape index (κ1) is 24.8. The zero-order chi connectivity index (χ0) is 24.2. The number of hydrogen-bond acceptors (Lipinski definition) is 4. The van der Waals surface area contributed by atoms with Crippen molar-refractivity contribution < 1.29 is 13.2 Å². The van der Waals surface area contributed by atoms with E-state index >= 15 is 0 Å². The normalized spacial score (nSPS) is 11.5. The summed E-state index contributed by atoms with van der Waals surface area (Å²) in [6.45, 7) is 5.13. The SMILES string of the molecule is Cc1ccc(S(=O)(=O)N(CC(=O)N/N=C\c2ccc(Cl)cc2Cl)c2cccc(C)c2C)cc1. The third kappa shape index (κ3) is 5.93. The van der Waals surface area contributed by atoms with Crippen LogP contribution in [0.4, 0.5) is 5.69 Å². The highest BCUT2D eigenvalue weighted by Crippen LogP contribution is 2.28. The Morgan fingerprint density at radius 2 is 1.73 bits per heavy atom. The highest BCUT2D eigenvalue weighted by molar-refractivity contribution is 7.92. The van der Waals surface area contributed by atoms with Crippen molar-refractivity contribution >= 4 is 51.0 Å². The van der Waals surface area contributed by atoms with Crippen molar-refractivity contribution in [1.29, 1.82) is 0 Å². The Hall–Kier alpha value is -2.87. The maximum absolute atomic E-state index is 13.5. The van der Waals surface area contributed by atoms with E-state index in [-0.39, 0.29) is 4.90 Å². The maximum Gasteiger partial charge on any atom is 0.264 e. The van der Waals surface area contributed by atoms with E-state index < -0.39 is 22.5 Å². The van der Waals surface area contributed by atoms with Crippen LogP contribution >= 0.6 is 23.2 Å². The van der Waals surface area contributed by atoms with E-state index in [2.05, 4.69) is 10.5 Å². The summed E-state index contributed by atoms with van der Waals surface area (Å²) in [7, 11) is -4.01. The Morgan fingerprint density at radius 3 is 2.39 bits per heavy atom. The third-order valence-corrected chi connectivity index (χ3v) is 7.43. The lowest BCUT2D eigenvalue weighted by Crippen LogP contribution is -2.40. The molecule has 0 saturated heterocycles. The van der Waals surface area contributed by atoms with Crippen LogP contribution in [0.1, 0.15) is 22.3 Å². The van der Waals surface area contributed by atoms with E-state index in [1.165, 1.54) is 18.3 Å². The molecule has 3 rings (SSSR count). The Balaban J connectivity index is 1.89. The van der Waals surface area contributed by atoms with Crippen molar-refractivity contribution in [3.05, 3.63) is 93.0 Å². The molecule has 1 amide bonds. The van der Waals surface area contributed by atoms with Crippen LogP contribution in [-0.2, 0) is 14.8 Å². The molecular formula is C24H23Cl2N3O3S. The van der Waals surface area contributed by atoms with Gasteiger partial charge >= 0.3 is 0 Å². The lowest BCUT2D eigenvalue weighted by molar-refractivity contribution is -0.119. The van der Waals surface area contributed by atoms with Gasteiger partial charge in [0.05, 0.1) is 21.8 Å². The molecule has 1 N–H and O–H groups in total. The van der Waals surface area contributed by atoms with Gasteiger partial charge < -0.3 is 0 Å². The van der Waals surface area contributed by atoms with Crippen LogP contribution < -0.4 is 9.73 Å². The van der Waals surface area contributed by atoms with Gasteiger partial charge in [-0.2, -0.15) is 5.10 Å². The summed E-state index contributed by atoms with van der Waals surface area (Å²) in [5.41, 5.74) is 5.96. The molecule has 3 aromatic carbocycles. The molecule has 0 unspecified atom stereocenters. The molecule has 0 bridgehead atoms. The van der Waals surface area contributed by atoms with Crippen molar-refractivity contribution in [2.75, 3.05) is 10.8 Å². The van der Waals surface area contributed by atoms with Gasteiger partial charge in [-0.05, 0) is 62.2 Å². The second-order valence-electron chi connectivity index (χ2n) is 7.50. The van der Waals surface area contributed by atoms with E-state index in [9.17, 15) is 13.2 Å². The van der Waals surface area contributed by atoms with Crippen LogP contribution in [0.15, 0.2) is 70.7 Å². The molecule has 0 fully saturated rings. The number of carbonyl (C=O) groups excluding carboxylic acids is 1. The van der Waals surface area contributed by atoms with Crippen LogP contribution in [0, 0.1) is 20.8 Å². The van der Waals surface area contributed by atoms with Gasteiger partial charge in [0.25, 0.3) is 15.9 Å². The first-order valence-electron chi connectivity index (χ1n) is 10.0. The number of carbonyl (C=O) groups is 1. The largest absolute Gasteiger partial charge is 0.271 e. The number of nitrogens with one attached hydrogen (secondary N) is 1. The minimum Gasteiger partial charge on any atom is -0.271 e. The lowest BCUT2D eigenvalue weighted by Gasteiger charge is -2.26. The molecule has 172 valence electrons. The lowest BCUT2D eigenvalue weighted by atomic mass is 10.1. The van der Waals surface area contributed by atoms with E-state index in [0.717, 1.165) is 21.0 Å². The molecular weight excluding hydrogens is 481 g/mol. The van der Waals surface area contributed by atoms with Crippen molar-refractivity contribution in [2.45, 2.75) is 25.7 Å². The molecule has 33 heavy (non-hydrogen) atoms. The fourth-order valence-corrected chi connectivity index (χ4v) is 5.02. The predicted molar refractivity (Wildman–Crippen MR) is 134 cm³/mol. The van der Waals surface area contributed by atoms with Crippen molar-refractivity contribution in [2.24, 2.45) is 5.10 Å². The number of rotatable bonds is 7. The zero-order valence-corrected chi connectivity index (χ0v) is 20.7. The molecule has 0 heterocycles. The summed E-state index contributed by atoms with van der Waals surface area (Å²) in [6, 6.07) is 16.7. The molecule has 0 spiro atoms. The Kier molecular flexibility index (Phi) is 7.79. The fourth-order valence-electron chi connectivity index (χ4n) is 3.09. The van der Waals surface area contributed by atoms with E-state index in [1.807, 2.05) is 26.8 Å². The van der Waals surface area contributed by atoms with Crippen molar-refractivity contribution in [3.8, 4) is 0 Å². The van der Waals surface area contributed by atoms with Crippen molar-refractivity contribution in [1.82, 2.24) is 5.43 Å². The number of benzene rings is 3. The maximum atomic E-state index is 13.5. The minimum atomic E-state index is -4.01. The molecule has 0 saturated carbocycles. The van der Waals surface area contributed by atoms with Crippen LogP contribution in [0.25, 0.3) is 0 Å². The van der Waals surface area contributed by atoms with Gasteiger partial charge in [0.1, 0.15) is 6.54 Å². The number of halogens is 2. The van der Waals surface area contributed by atoms with Gasteiger partial charge in [0, 0.05) is 10.6 Å². The topological polar surface area (TPSA) is 78.8 Å². The first-order chi connectivity index (χ1) is 15.6. The number of nitrogens with zero attached hydrogens (tertiary/aromatic N) is 2. The van der Waals surface area contributed by atoms with Crippen molar-refractivity contribution in [3.63, 3.8) is 0 Å². The highest BCUT2D eigenvalue weighted by atomic mass is 35.5. The Bertz CT molecular complexity index is 1310. The van der Waals surface area contributed by atoms with Gasteiger partial charge in [-0.25, -0.2) is 13.8 Å². The molecule has 0 atom stereocenters. The summed E-state index contributed by atoms with van der Waals surface area (Å²) in [6.07, 6.45) is 1.37. The minimum absolute atomic E-state index is 0.0956. The molecule has 0 aliphatic rings. The standard InChI is InChI=1S/C24H23Cl2N3O3S/c1-16-7-11-21(12-8-16)33(31,32)29(23-6-4-5-17(2)18(23)3)15-24(30)28-27-14-19-9-10-20(25)13-22(19)26/h4-14H,15H2,1-3H3,(H,28,30)/b27-14-. The van der Waals surface area contributed by atoms with E-state index in [4.69, 9.17) is 23.2 Å². The monoisotopic (exact) mass is 503 g/mol. The second-order valence-corrected chi connectivity index (χ2v) is 10.2. The fraction of sp³-hybridized carbons (Fsp3) is 0.167. The Morgan fingerprint density at radius 1 is 1.03 bits per heavy atom. The summed E-state index contributed by atoms with van der Waals surface area (Å²) in [5, 5.41) is 4.76. The number of anilines is 1. The quantitative estimate of drug-likeness (QED) is 0.352. The number of sulfonamides is 1. The number of hydrogen-bond donors (Lipinski definition) is 1. The molecule has 0 aromatic heterocycles. The average Bonchev–Trinajstić information content (AvgIpc) is 2.76. The summed E-state index contributed by atoms with van der Waals surface area (Å²) < 4.78 is 28.1. The molecule has 0 aliphatic heterocycles. The number of hydrazone groups is 1. The predicted octanol–water partition coefficient (Wildman–Crippen LogP) is 5.26. The molecule has 0 aliphatic carbocycles. The number of amides is 1.